The van der Waals surface area contributed by atoms with Crippen LogP contribution in [-0.2, 0) is 11.4 Å². The molecule has 0 bridgehead atoms. The van der Waals surface area contributed by atoms with E-state index in [-0.39, 0.29) is 18.3 Å². The summed E-state index contributed by atoms with van der Waals surface area (Å²) >= 11 is 1.34. The van der Waals surface area contributed by atoms with Gasteiger partial charge in [0.2, 0.25) is 5.91 Å². The average Bonchev–Trinajstić information content (AvgIpc) is 3.27. The van der Waals surface area contributed by atoms with Crippen molar-refractivity contribution in [3.05, 3.63) is 89.2 Å². The van der Waals surface area contributed by atoms with Crippen molar-refractivity contribution in [1.82, 2.24) is 14.8 Å². The van der Waals surface area contributed by atoms with Crippen molar-refractivity contribution in [1.29, 1.82) is 0 Å². The molecule has 35 heavy (non-hydrogen) atoms. The van der Waals surface area contributed by atoms with Crippen LogP contribution in [0.15, 0.2) is 71.9 Å². The summed E-state index contributed by atoms with van der Waals surface area (Å²) in [5.41, 5.74) is 5.03. The molecule has 0 unspecified atom stereocenters. The highest BCUT2D eigenvalue weighted by atomic mass is 32.2. The summed E-state index contributed by atoms with van der Waals surface area (Å²) in [6.07, 6.45) is 0. The molecule has 4 rings (SSSR count). The van der Waals surface area contributed by atoms with E-state index in [1.54, 1.807) is 7.11 Å². The second-order valence-electron chi connectivity index (χ2n) is 8.14. The highest BCUT2D eigenvalue weighted by Crippen LogP contribution is 2.26. The molecule has 0 fully saturated rings. The lowest BCUT2D eigenvalue weighted by Gasteiger charge is -2.13. The standard InChI is InChI=1S/C27H28N4O3S/c1-18-14-19(2)26(20(3)15-18)28-25(32)17-35-27-30-29-24(31(27)21-8-6-5-7-9-21)16-34-23-12-10-22(33-4)11-13-23/h5-15H,16-17H2,1-4H3,(H,28,32). The van der Waals surface area contributed by atoms with E-state index >= 15 is 0 Å². The first-order valence-corrected chi connectivity index (χ1v) is 12.2. The second kappa shape index (κ2) is 11.1. The highest BCUT2D eigenvalue weighted by molar-refractivity contribution is 7.99. The van der Waals surface area contributed by atoms with Gasteiger partial charge < -0.3 is 14.8 Å². The molecule has 0 atom stereocenters. The van der Waals surface area contributed by atoms with Gasteiger partial charge >= 0.3 is 0 Å². The Morgan fingerprint density at radius 2 is 1.60 bits per heavy atom. The summed E-state index contributed by atoms with van der Waals surface area (Å²) in [6, 6.07) is 21.3. The number of carbonyl (C=O) groups is 1. The van der Waals surface area contributed by atoms with Crippen LogP contribution in [0, 0.1) is 20.8 Å². The van der Waals surface area contributed by atoms with E-state index in [9.17, 15) is 4.79 Å². The topological polar surface area (TPSA) is 78.3 Å². The zero-order valence-electron chi connectivity index (χ0n) is 20.2. The third kappa shape index (κ3) is 6.02. The van der Waals surface area contributed by atoms with Crippen LogP contribution in [0.2, 0.25) is 0 Å². The van der Waals surface area contributed by atoms with Crippen LogP contribution in [0.5, 0.6) is 11.5 Å². The Hall–Kier alpha value is -3.78. The van der Waals surface area contributed by atoms with Crippen LogP contribution in [0.25, 0.3) is 5.69 Å². The lowest BCUT2D eigenvalue weighted by Crippen LogP contribution is -2.16. The molecule has 0 aliphatic carbocycles. The van der Waals surface area contributed by atoms with Gasteiger partial charge in [0, 0.05) is 11.4 Å². The van der Waals surface area contributed by atoms with E-state index < -0.39 is 0 Å². The summed E-state index contributed by atoms with van der Waals surface area (Å²) in [7, 11) is 1.63. The number of benzene rings is 3. The molecule has 0 saturated heterocycles. The number of nitrogens with one attached hydrogen (secondary N) is 1. The van der Waals surface area contributed by atoms with Crippen molar-refractivity contribution in [3.63, 3.8) is 0 Å². The van der Waals surface area contributed by atoms with Gasteiger partial charge in [-0.25, -0.2) is 0 Å². The Morgan fingerprint density at radius 1 is 0.943 bits per heavy atom. The fourth-order valence-corrected chi connectivity index (χ4v) is 4.60. The van der Waals surface area contributed by atoms with Crippen LogP contribution in [0.3, 0.4) is 0 Å². The van der Waals surface area contributed by atoms with Gasteiger partial charge in [-0.15, -0.1) is 10.2 Å². The number of para-hydroxylation sites is 1. The van der Waals surface area contributed by atoms with E-state index in [1.165, 1.54) is 17.3 Å². The molecule has 4 aromatic rings. The fourth-order valence-electron chi connectivity index (χ4n) is 3.83. The predicted octanol–water partition coefficient (Wildman–Crippen LogP) is 5.51. The van der Waals surface area contributed by atoms with E-state index in [0.717, 1.165) is 28.3 Å². The van der Waals surface area contributed by atoms with Crippen LogP contribution in [0.1, 0.15) is 22.5 Å². The fraction of sp³-hybridized carbons (Fsp3) is 0.222. The molecule has 0 aliphatic rings. The molecule has 1 N–H and O–H groups in total. The Kier molecular flexibility index (Phi) is 7.72. The van der Waals surface area contributed by atoms with Crippen molar-refractivity contribution >= 4 is 23.4 Å². The van der Waals surface area contributed by atoms with E-state index in [4.69, 9.17) is 9.47 Å². The first-order chi connectivity index (χ1) is 16.9. The molecule has 3 aromatic carbocycles. The van der Waals surface area contributed by atoms with Gasteiger partial charge in [-0.3, -0.25) is 9.36 Å². The van der Waals surface area contributed by atoms with Crippen molar-refractivity contribution in [3.8, 4) is 17.2 Å². The average molecular weight is 489 g/mol. The van der Waals surface area contributed by atoms with Crippen LogP contribution >= 0.6 is 11.8 Å². The summed E-state index contributed by atoms with van der Waals surface area (Å²) < 4.78 is 13.1. The minimum atomic E-state index is -0.0938. The monoisotopic (exact) mass is 488 g/mol. The zero-order chi connectivity index (χ0) is 24.8. The van der Waals surface area contributed by atoms with Crippen LogP contribution < -0.4 is 14.8 Å². The molecule has 0 aliphatic heterocycles. The van der Waals surface area contributed by atoms with Gasteiger partial charge in [-0.1, -0.05) is 47.7 Å². The Morgan fingerprint density at radius 3 is 2.26 bits per heavy atom. The summed E-state index contributed by atoms with van der Waals surface area (Å²) in [5.74, 6) is 2.21. The molecule has 1 amide bonds. The van der Waals surface area contributed by atoms with E-state index in [0.29, 0.717) is 16.7 Å². The van der Waals surface area contributed by atoms with E-state index in [1.807, 2.05) is 79.9 Å². The molecule has 0 saturated carbocycles. The zero-order valence-corrected chi connectivity index (χ0v) is 21.1. The van der Waals surface area contributed by atoms with Crippen molar-refractivity contribution < 1.29 is 14.3 Å². The molecule has 1 aromatic heterocycles. The number of nitrogens with zero attached hydrogens (tertiary/aromatic N) is 3. The minimum Gasteiger partial charge on any atom is -0.497 e. The lowest BCUT2D eigenvalue weighted by molar-refractivity contribution is -0.113. The number of amides is 1. The quantitative estimate of drug-likeness (QED) is 0.313. The van der Waals surface area contributed by atoms with Crippen molar-refractivity contribution in [2.45, 2.75) is 32.5 Å². The third-order valence-electron chi connectivity index (χ3n) is 5.42. The summed E-state index contributed by atoms with van der Waals surface area (Å²) in [5, 5.41) is 12.4. The molecule has 8 heteroatoms. The van der Waals surface area contributed by atoms with Gasteiger partial charge in [0.25, 0.3) is 0 Å². The maximum absolute atomic E-state index is 12.8. The predicted molar refractivity (Wildman–Crippen MR) is 139 cm³/mol. The Balaban J connectivity index is 1.49. The highest BCUT2D eigenvalue weighted by Gasteiger charge is 2.17. The number of anilines is 1. The molecule has 0 spiro atoms. The number of rotatable bonds is 9. The van der Waals surface area contributed by atoms with Gasteiger partial charge in [0.05, 0.1) is 12.9 Å². The Labute approximate surface area is 209 Å². The molecule has 180 valence electrons. The SMILES string of the molecule is COc1ccc(OCc2nnc(SCC(=O)Nc3c(C)cc(C)cc3C)n2-c2ccccc2)cc1. The maximum Gasteiger partial charge on any atom is 0.234 e. The third-order valence-corrected chi connectivity index (χ3v) is 6.34. The van der Waals surface area contributed by atoms with Gasteiger partial charge in [0.15, 0.2) is 11.0 Å². The minimum absolute atomic E-state index is 0.0938. The lowest BCUT2D eigenvalue weighted by atomic mass is 10.1. The number of hydrogen-bond donors (Lipinski definition) is 1. The molecular weight excluding hydrogens is 460 g/mol. The number of ether oxygens (including phenoxy) is 2. The van der Waals surface area contributed by atoms with E-state index in [2.05, 4.69) is 27.6 Å². The number of hydrogen-bond acceptors (Lipinski definition) is 6. The summed E-state index contributed by atoms with van der Waals surface area (Å²) in [6.45, 7) is 6.28. The van der Waals surface area contributed by atoms with Gasteiger partial charge in [-0.2, -0.15) is 0 Å². The van der Waals surface area contributed by atoms with Crippen molar-refractivity contribution in [2.75, 3.05) is 18.2 Å². The molecular formula is C27H28N4O3S. The largest absolute Gasteiger partial charge is 0.497 e. The first kappa shape index (κ1) is 24.3. The number of thioether (sulfide) groups is 1. The van der Waals surface area contributed by atoms with Crippen molar-refractivity contribution in [2.24, 2.45) is 0 Å². The maximum atomic E-state index is 12.8. The van der Waals surface area contributed by atoms with Crippen LogP contribution in [0.4, 0.5) is 5.69 Å². The number of aromatic nitrogens is 3. The number of aryl methyl sites for hydroxylation is 3. The van der Waals surface area contributed by atoms with Crippen LogP contribution in [-0.4, -0.2) is 33.5 Å². The number of carbonyl (C=O) groups excluding carboxylic acids is 1. The second-order valence-corrected chi connectivity index (χ2v) is 9.09. The Bertz CT molecular complexity index is 1280. The molecule has 7 nitrogen and oxygen atoms in total. The first-order valence-electron chi connectivity index (χ1n) is 11.2. The normalized spacial score (nSPS) is 10.7. The summed E-state index contributed by atoms with van der Waals surface area (Å²) in [4.78, 5) is 12.8. The number of methoxy groups -OCH3 is 1. The smallest absolute Gasteiger partial charge is 0.234 e. The molecule has 1 heterocycles. The van der Waals surface area contributed by atoms with Gasteiger partial charge in [0.1, 0.15) is 18.1 Å². The molecule has 0 radical (unpaired) electrons. The van der Waals surface area contributed by atoms with Gasteiger partial charge in [-0.05, 0) is 68.3 Å².